The van der Waals surface area contributed by atoms with E-state index < -0.39 is 11.6 Å². The zero-order chi connectivity index (χ0) is 10.6. The molecule has 1 aromatic rings. The predicted octanol–water partition coefficient (Wildman–Crippen LogP) is 2.90. The summed E-state index contributed by atoms with van der Waals surface area (Å²) >= 11 is 1.47. The SMILES string of the molecule is CN=C(Cc1ccc(F)cc1F)SC. The van der Waals surface area contributed by atoms with Crippen LogP contribution < -0.4 is 0 Å². The van der Waals surface area contributed by atoms with Crippen molar-refractivity contribution in [1.29, 1.82) is 0 Å². The Balaban J connectivity index is 2.87. The van der Waals surface area contributed by atoms with Gasteiger partial charge in [0.15, 0.2) is 0 Å². The van der Waals surface area contributed by atoms with Crippen molar-refractivity contribution in [3.05, 3.63) is 35.4 Å². The standard InChI is InChI=1S/C10H11F2NS/c1-13-10(14-2)5-7-3-4-8(11)6-9(7)12/h3-4,6H,5H2,1-2H3. The molecule has 0 aliphatic carbocycles. The van der Waals surface area contributed by atoms with Crippen LogP contribution in [0.5, 0.6) is 0 Å². The molecule has 1 rings (SSSR count). The summed E-state index contributed by atoms with van der Waals surface area (Å²) in [5, 5.41) is 0.829. The lowest BCUT2D eigenvalue weighted by molar-refractivity contribution is 0.576. The van der Waals surface area contributed by atoms with Crippen molar-refractivity contribution in [2.24, 2.45) is 4.99 Å². The number of hydrogen-bond acceptors (Lipinski definition) is 2. The van der Waals surface area contributed by atoms with Crippen LogP contribution in [-0.4, -0.2) is 18.3 Å². The Kier molecular flexibility index (Phi) is 4.07. The third kappa shape index (κ3) is 2.80. The van der Waals surface area contributed by atoms with Gasteiger partial charge in [-0.15, -0.1) is 11.8 Å². The number of benzene rings is 1. The first-order valence-electron chi connectivity index (χ1n) is 4.11. The van der Waals surface area contributed by atoms with Crippen molar-refractivity contribution in [3.63, 3.8) is 0 Å². The van der Waals surface area contributed by atoms with Gasteiger partial charge >= 0.3 is 0 Å². The normalized spacial score (nSPS) is 11.9. The summed E-state index contributed by atoms with van der Waals surface area (Å²) in [5.74, 6) is -1.06. The molecule has 14 heavy (non-hydrogen) atoms. The maximum atomic E-state index is 13.2. The van der Waals surface area contributed by atoms with Gasteiger partial charge in [0, 0.05) is 19.5 Å². The fourth-order valence-electron chi connectivity index (χ4n) is 1.07. The molecule has 0 fully saturated rings. The minimum Gasteiger partial charge on any atom is -0.286 e. The van der Waals surface area contributed by atoms with Crippen LogP contribution in [-0.2, 0) is 6.42 Å². The molecule has 0 spiro atoms. The van der Waals surface area contributed by atoms with Crippen molar-refractivity contribution >= 4 is 16.8 Å². The Morgan fingerprint density at radius 2 is 2.14 bits per heavy atom. The van der Waals surface area contributed by atoms with Gasteiger partial charge in [0.25, 0.3) is 0 Å². The van der Waals surface area contributed by atoms with E-state index >= 15 is 0 Å². The molecule has 0 N–H and O–H groups in total. The van der Waals surface area contributed by atoms with Crippen molar-refractivity contribution in [2.45, 2.75) is 6.42 Å². The van der Waals surface area contributed by atoms with Gasteiger partial charge in [0.2, 0.25) is 0 Å². The molecule has 0 aliphatic heterocycles. The zero-order valence-corrected chi connectivity index (χ0v) is 8.87. The number of aliphatic imine (C=N–C) groups is 1. The summed E-state index contributed by atoms with van der Waals surface area (Å²) in [7, 11) is 1.66. The molecular weight excluding hydrogens is 204 g/mol. The molecule has 1 aromatic carbocycles. The summed E-state index contributed by atoms with van der Waals surface area (Å²) < 4.78 is 25.8. The average Bonchev–Trinajstić information content (AvgIpc) is 2.17. The molecule has 0 radical (unpaired) electrons. The monoisotopic (exact) mass is 215 g/mol. The van der Waals surface area contributed by atoms with E-state index in [1.54, 1.807) is 7.05 Å². The van der Waals surface area contributed by atoms with Crippen molar-refractivity contribution < 1.29 is 8.78 Å². The minimum absolute atomic E-state index is 0.420. The fraction of sp³-hybridized carbons (Fsp3) is 0.300. The number of rotatable bonds is 2. The summed E-state index contributed by atoms with van der Waals surface area (Å²) in [5.41, 5.74) is 0.473. The van der Waals surface area contributed by atoms with Crippen molar-refractivity contribution in [1.82, 2.24) is 0 Å². The van der Waals surface area contributed by atoms with E-state index in [4.69, 9.17) is 0 Å². The maximum Gasteiger partial charge on any atom is 0.129 e. The van der Waals surface area contributed by atoms with E-state index in [2.05, 4.69) is 4.99 Å². The van der Waals surface area contributed by atoms with Gasteiger partial charge in [0.05, 0.1) is 5.04 Å². The van der Waals surface area contributed by atoms with Crippen LogP contribution in [0.15, 0.2) is 23.2 Å². The molecule has 0 bridgehead atoms. The minimum atomic E-state index is -0.551. The van der Waals surface area contributed by atoms with Gasteiger partial charge in [-0.3, -0.25) is 4.99 Å². The van der Waals surface area contributed by atoms with E-state index in [9.17, 15) is 8.78 Å². The molecule has 0 aromatic heterocycles. The summed E-state index contributed by atoms with van der Waals surface area (Å²) in [6.45, 7) is 0. The maximum absolute atomic E-state index is 13.2. The lowest BCUT2D eigenvalue weighted by atomic mass is 10.1. The number of halogens is 2. The lowest BCUT2D eigenvalue weighted by Gasteiger charge is -2.03. The molecule has 0 heterocycles. The lowest BCUT2D eigenvalue weighted by Crippen LogP contribution is -2.00. The first-order chi connectivity index (χ1) is 6.67. The van der Waals surface area contributed by atoms with Crippen molar-refractivity contribution in [3.8, 4) is 0 Å². The predicted molar refractivity (Wildman–Crippen MR) is 56.9 cm³/mol. The topological polar surface area (TPSA) is 12.4 Å². The van der Waals surface area contributed by atoms with Gasteiger partial charge in [0.1, 0.15) is 11.6 Å². The second kappa shape index (κ2) is 5.10. The van der Waals surface area contributed by atoms with E-state index in [1.807, 2.05) is 6.26 Å². The van der Waals surface area contributed by atoms with Gasteiger partial charge in [-0.1, -0.05) is 6.07 Å². The van der Waals surface area contributed by atoms with E-state index in [1.165, 1.54) is 23.9 Å². The van der Waals surface area contributed by atoms with E-state index in [0.29, 0.717) is 12.0 Å². The molecule has 4 heteroatoms. The van der Waals surface area contributed by atoms with Gasteiger partial charge < -0.3 is 0 Å². The van der Waals surface area contributed by atoms with Gasteiger partial charge in [-0.05, 0) is 17.9 Å². The Morgan fingerprint density at radius 3 is 2.64 bits per heavy atom. The van der Waals surface area contributed by atoms with Crippen LogP contribution in [0.1, 0.15) is 5.56 Å². The molecule has 0 atom stereocenters. The van der Waals surface area contributed by atoms with Crippen LogP contribution >= 0.6 is 11.8 Å². The van der Waals surface area contributed by atoms with Crippen LogP contribution in [0.3, 0.4) is 0 Å². The Bertz CT molecular complexity index is 350. The highest BCUT2D eigenvalue weighted by molar-refractivity contribution is 8.13. The summed E-state index contributed by atoms with van der Waals surface area (Å²) in [6, 6.07) is 3.60. The molecule has 76 valence electrons. The average molecular weight is 215 g/mol. The quantitative estimate of drug-likeness (QED) is 0.546. The molecule has 0 amide bonds. The first kappa shape index (κ1) is 11.2. The second-order valence-electron chi connectivity index (χ2n) is 2.73. The van der Waals surface area contributed by atoms with E-state index in [-0.39, 0.29) is 0 Å². The van der Waals surface area contributed by atoms with E-state index in [0.717, 1.165) is 11.1 Å². The third-order valence-electron chi connectivity index (χ3n) is 1.84. The molecule has 0 saturated heterocycles. The Hall–Kier alpha value is -0.900. The summed E-state index contributed by atoms with van der Waals surface area (Å²) in [6.07, 6.45) is 2.30. The second-order valence-corrected chi connectivity index (χ2v) is 3.61. The van der Waals surface area contributed by atoms with Gasteiger partial charge in [-0.2, -0.15) is 0 Å². The van der Waals surface area contributed by atoms with Gasteiger partial charge in [-0.25, -0.2) is 8.78 Å². The smallest absolute Gasteiger partial charge is 0.129 e. The van der Waals surface area contributed by atoms with Crippen LogP contribution in [0, 0.1) is 11.6 Å². The van der Waals surface area contributed by atoms with Crippen LogP contribution in [0.4, 0.5) is 8.78 Å². The molecular formula is C10H11F2NS. The Labute approximate surface area is 86.2 Å². The molecule has 0 unspecified atom stereocenters. The number of nitrogens with zero attached hydrogens (tertiary/aromatic N) is 1. The highest BCUT2D eigenvalue weighted by Gasteiger charge is 2.06. The van der Waals surface area contributed by atoms with Crippen LogP contribution in [0.25, 0.3) is 0 Å². The zero-order valence-electron chi connectivity index (χ0n) is 8.05. The fourth-order valence-corrected chi connectivity index (χ4v) is 1.55. The third-order valence-corrected chi connectivity index (χ3v) is 2.64. The van der Waals surface area contributed by atoms with Crippen molar-refractivity contribution in [2.75, 3.05) is 13.3 Å². The molecule has 0 saturated carbocycles. The highest BCUT2D eigenvalue weighted by atomic mass is 32.2. The Morgan fingerprint density at radius 1 is 1.43 bits per heavy atom. The largest absolute Gasteiger partial charge is 0.286 e. The molecule has 1 nitrogen and oxygen atoms in total. The summed E-state index contributed by atoms with van der Waals surface area (Å²) in [4.78, 5) is 3.98. The highest BCUT2D eigenvalue weighted by Crippen LogP contribution is 2.13. The molecule has 0 aliphatic rings. The van der Waals surface area contributed by atoms with Crippen LogP contribution in [0.2, 0.25) is 0 Å². The number of hydrogen-bond donors (Lipinski definition) is 0. The first-order valence-corrected chi connectivity index (χ1v) is 5.33. The number of thioether (sulfide) groups is 1.